The highest BCUT2D eigenvalue weighted by Crippen LogP contribution is 2.17. The van der Waals surface area contributed by atoms with E-state index in [4.69, 9.17) is 9.47 Å². The minimum Gasteiger partial charge on any atom is -0.492 e. The van der Waals surface area contributed by atoms with Gasteiger partial charge in [0.1, 0.15) is 5.75 Å². The van der Waals surface area contributed by atoms with E-state index in [1.165, 1.54) is 19.3 Å². The standard InChI is InChI=1S/C20H28O3/c1-3-5-6-7-8-9-13-18-14-10-11-15-19(18)23-17-12-16-20(21)22-4-2/h10-11,14-15H,3-8,12,16-17H2,1-2H3. The van der Waals surface area contributed by atoms with Gasteiger partial charge in [0, 0.05) is 12.8 Å². The number of benzene rings is 1. The Morgan fingerprint density at radius 1 is 1.09 bits per heavy atom. The molecule has 0 atom stereocenters. The molecule has 0 saturated carbocycles. The van der Waals surface area contributed by atoms with E-state index in [0.717, 1.165) is 24.2 Å². The van der Waals surface area contributed by atoms with E-state index in [2.05, 4.69) is 18.8 Å². The van der Waals surface area contributed by atoms with Gasteiger partial charge in [-0.25, -0.2) is 0 Å². The van der Waals surface area contributed by atoms with E-state index >= 15 is 0 Å². The highest BCUT2D eigenvalue weighted by Gasteiger charge is 2.03. The molecule has 0 bridgehead atoms. The van der Waals surface area contributed by atoms with Crippen molar-refractivity contribution in [3.05, 3.63) is 29.8 Å². The van der Waals surface area contributed by atoms with Gasteiger partial charge in [0.15, 0.2) is 0 Å². The van der Waals surface area contributed by atoms with E-state index in [9.17, 15) is 4.79 Å². The van der Waals surface area contributed by atoms with Crippen LogP contribution >= 0.6 is 0 Å². The zero-order valence-corrected chi connectivity index (χ0v) is 14.4. The Morgan fingerprint density at radius 2 is 1.91 bits per heavy atom. The number of esters is 1. The molecule has 3 heteroatoms. The van der Waals surface area contributed by atoms with Crippen molar-refractivity contribution in [2.45, 2.75) is 58.8 Å². The number of carbonyl (C=O) groups excluding carboxylic acids is 1. The molecule has 0 heterocycles. The maximum absolute atomic E-state index is 11.3. The molecule has 1 aromatic carbocycles. The van der Waals surface area contributed by atoms with Crippen molar-refractivity contribution < 1.29 is 14.3 Å². The smallest absolute Gasteiger partial charge is 0.305 e. The number of ether oxygens (including phenoxy) is 2. The largest absolute Gasteiger partial charge is 0.492 e. The highest BCUT2D eigenvalue weighted by atomic mass is 16.5. The first-order chi connectivity index (χ1) is 11.3. The van der Waals surface area contributed by atoms with Gasteiger partial charge in [-0.15, -0.1) is 0 Å². The van der Waals surface area contributed by atoms with E-state index < -0.39 is 0 Å². The molecule has 0 unspecified atom stereocenters. The van der Waals surface area contributed by atoms with E-state index in [0.29, 0.717) is 26.1 Å². The molecule has 23 heavy (non-hydrogen) atoms. The van der Waals surface area contributed by atoms with Crippen molar-refractivity contribution >= 4 is 5.97 Å². The molecule has 0 spiro atoms. The van der Waals surface area contributed by atoms with Crippen LogP contribution in [0.4, 0.5) is 0 Å². The van der Waals surface area contributed by atoms with Crippen LogP contribution in [0.1, 0.15) is 64.4 Å². The Balaban J connectivity index is 2.38. The third-order valence-corrected chi connectivity index (χ3v) is 3.35. The highest BCUT2D eigenvalue weighted by molar-refractivity contribution is 5.69. The number of hydrogen-bond acceptors (Lipinski definition) is 3. The third kappa shape index (κ3) is 8.93. The van der Waals surface area contributed by atoms with Gasteiger partial charge in [-0.05, 0) is 31.9 Å². The summed E-state index contributed by atoms with van der Waals surface area (Å²) in [5, 5.41) is 0. The Hall–Kier alpha value is -1.95. The van der Waals surface area contributed by atoms with Gasteiger partial charge in [-0.1, -0.05) is 50.2 Å². The summed E-state index contributed by atoms with van der Waals surface area (Å²) in [7, 11) is 0. The fourth-order valence-corrected chi connectivity index (χ4v) is 2.13. The van der Waals surface area contributed by atoms with Crippen molar-refractivity contribution in [1.29, 1.82) is 0 Å². The van der Waals surface area contributed by atoms with Gasteiger partial charge in [0.2, 0.25) is 0 Å². The van der Waals surface area contributed by atoms with Gasteiger partial charge < -0.3 is 9.47 Å². The molecule has 3 nitrogen and oxygen atoms in total. The van der Waals surface area contributed by atoms with Crippen LogP contribution in [0.25, 0.3) is 0 Å². The molecule has 0 aliphatic heterocycles. The maximum atomic E-state index is 11.3. The molecule has 0 aliphatic carbocycles. The van der Waals surface area contributed by atoms with Gasteiger partial charge in [0.25, 0.3) is 0 Å². The minimum atomic E-state index is -0.170. The van der Waals surface area contributed by atoms with Gasteiger partial charge >= 0.3 is 5.97 Å². The zero-order chi connectivity index (χ0) is 16.8. The van der Waals surface area contributed by atoms with Gasteiger partial charge in [0.05, 0.1) is 18.8 Å². The van der Waals surface area contributed by atoms with E-state index in [1.54, 1.807) is 0 Å². The number of rotatable bonds is 10. The van der Waals surface area contributed by atoms with Crippen LogP contribution in [-0.4, -0.2) is 19.2 Å². The molecule has 0 fully saturated rings. The number of para-hydroxylation sites is 1. The van der Waals surface area contributed by atoms with E-state index in [-0.39, 0.29) is 5.97 Å². The summed E-state index contributed by atoms with van der Waals surface area (Å²) in [6.07, 6.45) is 6.90. The lowest BCUT2D eigenvalue weighted by atomic mass is 10.1. The predicted octanol–water partition coefficient (Wildman–Crippen LogP) is 4.73. The van der Waals surface area contributed by atoms with Crippen molar-refractivity contribution in [3.8, 4) is 17.6 Å². The molecule has 0 saturated heterocycles. The molecule has 1 aromatic rings. The lowest BCUT2D eigenvalue weighted by molar-refractivity contribution is -0.143. The second-order valence-electron chi connectivity index (χ2n) is 5.37. The molecule has 0 aromatic heterocycles. The monoisotopic (exact) mass is 316 g/mol. The third-order valence-electron chi connectivity index (χ3n) is 3.35. The van der Waals surface area contributed by atoms with Crippen molar-refractivity contribution in [2.24, 2.45) is 0 Å². The summed E-state index contributed by atoms with van der Waals surface area (Å²) < 4.78 is 10.6. The Labute approximate surface area is 140 Å². The number of unbranched alkanes of at least 4 members (excludes halogenated alkanes) is 4. The van der Waals surface area contributed by atoms with Crippen LogP contribution in [0.2, 0.25) is 0 Å². The SMILES string of the molecule is CCCCCCC#Cc1ccccc1OCCCC(=O)OCC. The Morgan fingerprint density at radius 3 is 2.70 bits per heavy atom. The van der Waals surface area contributed by atoms with Crippen LogP contribution in [-0.2, 0) is 9.53 Å². The molecule has 0 radical (unpaired) electrons. The Kier molecular flexibility index (Phi) is 10.4. The predicted molar refractivity (Wildman–Crippen MR) is 93.4 cm³/mol. The average Bonchev–Trinajstić information content (AvgIpc) is 2.56. The van der Waals surface area contributed by atoms with Crippen LogP contribution in [0, 0.1) is 11.8 Å². The average molecular weight is 316 g/mol. The van der Waals surface area contributed by atoms with Crippen LogP contribution < -0.4 is 4.74 Å². The first kappa shape index (κ1) is 19.1. The van der Waals surface area contributed by atoms with E-state index in [1.807, 2.05) is 31.2 Å². The summed E-state index contributed by atoms with van der Waals surface area (Å²) >= 11 is 0. The molecule has 0 N–H and O–H groups in total. The van der Waals surface area contributed by atoms with Gasteiger partial charge in [-0.2, -0.15) is 0 Å². The quantitative estimate of drug-likeness (QED) is 0.355. The Bertz CT molecular complexity index is 511. The molecule has 126 valence electrons. The van der Waals surface area contributed by atoms with Gasteiger partial charge in [-0.3, -0.25) is 4.79 Å². The number of carbonyl (C=O) groups is 1. The molecular weight excluding hydrogens is 288 g/mol. The summed E-state index contributed by atoms with van der Waals surface area (Å²) in [6.45, 7) is 4.94. The topological polar surface area (TPSA) is 35.5 Å². The second-order valence-corrected chi connectivity index (χ2v) is 5.37. The fraction of sp³-hybridized carbons (Fsp3) is 0.550. The lowest BCUT2D eigenvalue weighted by Gasteiger charge is -2.08. The molecule has 0 aliphatic rings. The number of hydrogen-bond donors (Lipinski definition) is 0. The van der Waals surface area contributed by atoms with Crippen molar-refractivity contribution in [3.63, 3.8) is 0 Å². The molecular formula is C20H28O3. The molecule has 0 amide bonds. The summed E-state index contributed by atoms with van der Waals surface area (Å²) in [5.74, 6) is 7.03. The maximum Gasteiger partial charge on any atom is 0.305 e. The fourth-order valence-electron chi connectivity index (χ4n) is 2.13. The van der Waals surface area contributed by atoms with Crippen molar-refractivity contribution in [1.82, 2.24) is 0 Å². The normalized spacial score (nSPS) is 9.83. The second kappa shape index (κ2) is 12.6. The first-order valence-corrected chi connectivity index (χ1v) is 8.64. The van der Waals surface area contributed by atoms with Crippen LogP contribution in [0.5, 0.6) is 5.75 Å². The zero-order valence-electron chi connectivity index (χ0n) is 14.4. The lowest BCUT2D eigenvalue weighted by Crippen LogP contribution is -2.07. The minimum absolute atomic E-state index is 0.170. The van der Waals surface area contributed by atoms with Crippen LogP contribution in [0.15, 0.2) is 24.3 Å². The van der Waals surface area contributed by atoms with Crippen LogP contribution in [0.3, 0.4) is 0 Å². The molecule has 1 rings (SSSR count). The first-order valence-electron chi connectivity index (χ1n) is 8.64. The van der Waals surface area contributed by atoms with Crippen molar-refractivity contribution in [2.75, 3.05) is 13.2 Å². The summed E-state index contributed by atoms with van der Waals surface area (Å²) in [4.78, 5) is 11.3. The summed E-state index contributed by atoms with van der Waals surface area (Å²) in [6, 6.07) is 7.80. The summed E-state index contributed by atoms with van der Waals surface area (Å²) in [5.41, 5.74) is 0.916.